The van der Waals surface area contributed by atoms with E-state index in [1.54, 1.807) is 0 Å². The molecule has 0 saturated heterocycles. The number of nitrogens with one attached hydrogen (secondary N) is 1. The number of sulfonamides is 2. The third kappa shape index (κ3) is 3.35. The lowest BCUT2D eigenvalue weighted by atomic mass is 10.2. The molecule has 1 heterocycles. The zero-order valence-corrected chi connectivity index (χ0v) is 13.3. The van der Waals surface area contributed by atoms with Crippen LogP contribution < -0.4 is 15.6 Å². The quantitative estimate of drug-likeness (QED) is 0.761. The summed E-state index contributed by atoms with van der Waals surface area (Å²) in [5, 5.41) is 6.59. The van der Waals surface area contributed by atoms with Crippen molar-refractivity contribution in [1.82, 2.24) is 0 Å². The average Bonchev–Trinajstić information content (AvgIpc) is 2.78. The van der Waals surface area contributed by atoms with Crippen molar-refractivity contribution in [3.8, 4) is 0 Å². The Bertz CT molecular complexity index is 885. The van der Waals surface area contributed by atoms with Gasteiger partial charge >= 0.3 is 0 Å². The van der Waals surface area contributed by atoms with Crippen LogP contribution in [0.1, 0.15) is 5.56 Å². The molecule has 2 aromatic rings. The van der Waals surface area contributed by atoms with Crippen molar-refractivity contribution < 1.29 is 16.8 Å². The number of anilines is 2. The van der Waals surface area contributed by atoms with E-state index in [-0.39, 0.29) is 20.4 Å². The molecule has 0 radical (unpaired) electrons. The van der Waals surface area contributed by atoms with Gasteiger partial charge in [-0.3, -0.25) is 4.72 Å². The lowest BCUT2D eigenvalue weighted by molar-refractivity contribution is 0.596. The van der Waals surface area contributed by atoms with Crippen LogP contribution >= 0.6 is 11.3 Å². The minimum Gasteiger partial charge on any atom is -0.398 e. The lowest BCUT2D eigenvalue weighted by Gasteiger charge is -2.11. The van der Waals surface area contributed by atoms with E-state index in [0.717, 1.165) is 11.3 Å². The van der Waals surface area contributed by atoms with Crippen molar-refractivity contribution in [3.63, 3.8) is 0 Å². The lowest BCUT2D eigenvalue weighted by Crippen LogP contribution is -2.17. The molecule has 0 atom stereocenters. The van der Waals surface area contributed by atoms with Crippen LogP contribution in [0.3, 0.4) is 0 Å². The van der Waals surface area contributed by atoms with Crippen LogP contribution in [0.15, 0.2) is 38.8 Å². The normalized spacial score (nSPS) is 12.3. The van der Waals surface area contributed by atoms with Gasteiger partial charge in [0.25, 0.3) is 10.0 Å². The number of nitrogen functional groups attached to an aromatic ring is 1. The molecule has 0 saturated carbocycles. The standard InChI is InChI=1S/C11H13N3O4S3/c1-7-9(3-2-4-10(7)20(13,15)16)14-21(17,18)11-5-8(12)6-19-11/h2-6,14H,12H2,1H3,(H2,13,15,16). The molecular formula is C11H13N3O4S3. The van der Waals surface area contributed by atoms with Gasteiger partial charge in [0, 0.05) is 11.1 Å². The molecule has 0 aliphatic heterocycles. The van der Waals surface area contributed by atoms with E-state index in [2.05, 4.69) is 4.72 Å². The predicted molar refractivity (Wildman–Crippen MR) is 82.1 cm³/mol. The van der Waals surface area contributed by atoms with Gasteiger partial charge in [-0.25, -0.2) is 22.0 Å². The molecule has 0 aliphatic rings. The van der Waals surface area contributed by atoms with Gasteiger partial charge in [-0.15, -0.1) is 11.3 Å². The maximum atomic E-state index is 12.2. The van der Waals surface area contributed by atoms with Crippen LogP contribution in [0, 0.1) is 6.92 Å². The molecule has 114 valence electrons. The highest BCUT2D eigenvalue weighted by atomic mass is 32.2. The van der Waals surface area contributed by atoms with E-state index in [1.807, 2.05) is 0 Å². The number of thiophene rings is 1. The monoisotopic (exact) mass is 347 g/mol. The molecule has 2 rings (SSSR count). The molecule has 7 nitrogen and oxygen atoms in total. The van der Waals surface area contributed by atoms with Crippen molar-refractivity contribution >= 4 is 42.8 Å². The Morgan fingerprint density at radius 1 is 1.19 bits per heavy atom. The van der Waals surface area contributed by atoms with Gasteiger partial charge in [-0.1, -0.05) is 6.07 Å². The minimum atomic E-state index is -3.92. The fourth-order valence-electron chi connectivity index (χ4n) is 1.70. The summed E-state index contributed by atoms with van der Waals surface area (Å²) in [4.78, 5) is -0.131. The molecule has 21 heavy (non-hydrogen) atoms. The summed E-state index contributed by atoms with van der Waals surface area (Å²) in [6.45, 7) is 1.47. The Balaban J connectivity index is 2.46. The molecule has 5 N–H and O–H groups in total. The molecule has 1 aromatic heterocycles. The molecule has 0 amide bonds. The summed E-state index contributed by atoms with van der Waals surface area (Å²) in [5.41, 5.74) is 6.22. The van der Waals surface area contributed by atoms with E-state index in [4.69, 9.17) is 10.9 Å². The van der Waals surface area contributed by atoms with E-state index < -0.39 is 20.0 Å². The number of hydrogen-bond acceptors (Lipinski definition) is 6. The number of benzene rings is 1. The average molecular weight is 347 g/mol. The van der Waals surface area contributed by atoms with Crippen molar-refractivity contribution in [2.45, 2.75) is 16.0 Å². The van der Waals surface area contributed by atoms with Crippen molar-refractivity contribution in [2.75, 3.05) is 10.5 Å². The Morgan fingerprint density at radius 3 is 2.38 bits per heavy atom. The maximum absolute atomic E-state index is 12.2. The first kappa shape index (κ1) is 15.8. The summed E-state index contributed by atoms with van der Waals surface area (Å²) < 4.78 is 49.6. The smallest absolute Gasteiger partial charge is 0.271 e. The van der Waals surface area contributed by atoms with E-state index in [9.17, 15) is 16.8 Å². The second kappa shape index (κ2) is 5.30. The van der Waals surface area contributed by atoms with Crippen LogP contribution in [0.4, 0.5) is 11.4 Å². The second-order valence-corrected chi connectivity index (χ2v) is 8.63. The Labute approximate surface area is 126 Å². The number of nitrogens with two attached hydrogens (primary N) is 2. The third-order valence-corrected chi connectivity index (χ3v) is 6.57. The summed E-state index contributed by atoms with van der Waals surface area (Å²) in [6.07, 6.45) is 0. The Morgan fingerprint density at radius 2 is 1.86 bits per heavy atom. The van der Waals surface area contributed by atoms with Crippen molar-refractivity contribution in [2.24, 2.45) is 5.14 Å². The van der Waals surface area contributed by atoms with Gasteiger partial charge in [0.1, 0.15) is 4.21 Å². The molecule has 0 fully saturated rings. The summed E-state index contributed by atoms with van der Waals surface area (Å²) >= 11 is 0.973. The first-order chi connectivity index (χ1) is 9.61. The van der Waals surface area contributed by atoms with E-state index >= 15 is 0 Å². The molecule has 1 aromatic carbocycles. The molecule has 0 spiro atoms. The first-order valence-corrected chi connectivity index (χ1v) is 9.51. The largest absolute Gasteiger partial charge is 0.398 e. The first-order valence-electron chi connectivity index (χ1n) is 5.60. The molecule has 10 heteroatoms. The van der Waals surface area contributed by atoms with Gasteiger partial charge in [-0.2, -0.15) is 0 Å². The zero-order chi connectivity index (χ0) is 15.8. The van der Waals surface area contributed by atoms with Crippen LogP contribution in [0.5, 0.6) is 0 Å². The molecule has 0 bridgehead atoms. The number of hydrogen-bond donors (Lipinski definition) is 3. The van der Waals surface area contributed by atoms with Gasteiger partial charge < -0.3 is 5.73 Å². The fraction of sp³-hybridized carbons (Fsp3) is 0.0909. The summed E-state index contributed by atoms with van der Waals surface area (Å²) in [6, 6.07) is 5.50. The topological polar surface area (TPSA) is 132 Å². The minimum absolute atomic E-state index is 0.0420. The zero-order valence-electron chi connectivity index (χ0n) is 10.9. The SMILES string of the molecule is Cc1c(NS(=O)(=O)c2cc(N)cs2)cccc1S(N)(=O)=O. The van der Waals surface area contributed by atoms with Crippen LogP contribution in [0.25, 0.3) is 0 Å². The van der Waals surface area contributed by atoms with Gasteiger partial charge in [0.2, 0.25) is 10.0 Å². The highest BCUT2D eigenvalue weighted by Gasteiger charge is 2.20. The molecule has 0 aliphatic carbocycles. The van der Waals surface area contributed by atoms with Gasteiger partial charge in [-0.05, 0) is 30.7 Å². The number of primary sulfonamides is 1. The van der Waals surface area contributed by atoms with Crippen LogP contribution in [0.2, 0.25) is 0 Å². The highest BCUT2D eigenvalue weighted by molar-refractivity contribution is 7.94. The van der Waals surface area contributed by atoms with Crippen LogP contribution in [-0.2, 0) is 20.0 Å². The van der Waals surface area contributed by atoms with Gasteiger partial charge in [0.15, 0.2) is 0 Å². The van der Waals surface area contributed by atoms with Crippen LogP contribution in [-0.4, -0.2) is 16.8 Å². The highest BCUT2D eigenvalue weighted by Crippen LogP contribution is 2.27. The molecule has 0 unspecified atom stereocenters. The van der Waals surface area contributed by atoms with Crippen molar-refractivity contribution in [1.29, 1.82) is 0 Å². The van der Waals surface area contributed by atoms with E-state index in [1.165, 1.54) is 36.6 Å². The van der Waals surface area contributed by atoms with Crippen molar-refractivity contribution in [3.05, 3.63) is 35.2 Å². The number of rotatable bonds is 4. The molecular weight excluding hydrogens is 334 g/mol. The third-order valence-electron chi connectivity index (χ3n) is 2.70. The Kier molecular flexibility index (Phi) is 3.97. The summed E-state index contributed by atoms with van der Waals surface area (Å²) in [7, 11) is -7.75. The maximum Gasteiger partial charge on any atom is 0.271 e. The second-order valence-electron chi connectivity index (χ2n) is 4.28. The van der Waals surface area contributed by atoms with Gasteiger partial charge in [0.05, 0.1) is 10.6 Å². The van der Waals surface area contributed by atoms with E-state index in [0.29, 0.717) is 5.69 Å². The Hall–Kier alpha value is -1.62. The predicted octanol–water partition coefficient (Wildman–Crippen LogP) is 1.09. The summed E-state index contributed by atoms with van der Waals surface area (Å²) in [5.74, 6) is 0. The fourth-order valence-corrected chi connectivity index (χ4v) is 4.71.